The van der Waals surface area contributed by atoms with Crippen LogP contribution in [0.25, 0.3) is 6.08 Å². The maximum atomic E-state index is 13.2. The average Bonchev–Trinajstić information content (AvgIpc) is 3.29. The standard InChI is InChI=1S/C27H23ClN2O4/c1-18(31)34-26-14-11-21(28)16-23(26)24-17-25(20-9-12-22(33-2)13-10-20)30(29-24)27(32)15-8-19-6-4-3-5-7-19/h3-16,25H,17H2,1-2H3. The molecule has 1 unspecified atom stereocenters. The van der Waals surface area contributed by atoms with Crippen molar-refractivity contribution in [3.05, 3.63) is 101 Å². The van der Waals surface area contributed by atoms with Crippen molar-refractivity contribution in [1.82, 2.24) is 5.01 Å². The molecule has 1 aliphatic rings. The van der Waals surface area contributed by atoms with Crippen molar-refractivity contribution >= 4 is 35.3 Å². The Morgan fingerprint density at radius 2 is 1.79 bits per heavy atom. The van der Waals surface area contributed by atoms with E-state index >= 15 is 0 Å². The Morgan fingerprint density at radius 3 is 2.47 bits per heavy atom. The molecule has 172 valence electrons. The number of benzene rings is 3. The smallest absolute Gasteiger partial charge is 0.308 e. The van der Waals surface area contributed by atoms with Crippen LogP contribution in [0.1, 0.15) is 36.1 Å². The zero-order chi connectivity index (χ0) is 24.1. The summed E-state index contributed by atoms with van der Waals surface area (Å²) in [6.07, 6.45) is 3.68. The molecule has 1 heterocycles. The molecule has 4 rings (SSSR count). The lowest BCUT2D eigenvalue weighted by atomic mass is 9.97. The molecule has 0 saturated heterocycles. The normalized spacial score (nSPS) is 15.3. The number of hydrogen-bond acceptors (Lipinski definition) is 5. The number of carbonyl (C=O) groups is 2. The van der Waals surface area contributed by atoms with Gasteiger partial charge in [0.1, 0.15) is 11.5 Å². The van der Waals surface area contributed by atoms with E-state index in [1.807, 2.05) is 54.6 Å². The third-order valence-corrected chi connectivity index (χ3v) is 5.60. The van der Waals surface area contributed by atoms with Crippen LogP contribution in [0.4, 0.5) is 0 Å². The maximum absolute atomic E-state index is 13.2. The predicted octanol–water partition coefficient (Wildman–Crippen LogP) is 5.67. The minimum Gasteiger partial charge on any atom is -0.497 e. The number of rotatable bonds is 6. The van der Waals surface area contributed by atoms with Crippen molar-refractivity contribution in [2.75, 3.05) is 7.11 Å². The number of esters is 1. The van der Waals surface area contributed by atoms with Gasteiger partial charge in [0.15, 0.2) is 0 Å². The van der Waals surface area contributed by atoms with Crippen LogP contribution < -0.4 is 9.47 Å². The van der Waals surface area contributed by atoms with E-state index in [1.165, 1.54) is 18.0 Å². The van der Waals surface area contributed by atoms with E-state index in [1.54, 1.807) is 31.4 Å². The molecule has 3 aromatic rings. The Hall–Kier alpha value is -3.90. The van der Waals surface area contributed by atoms with Crippen molar-refractivity contribution < 1.29 is 19.1 Å². The molecule has 34 heavy (non-hydrogen) atoms. The van der Waals surface area contributed by atoms with Gasteiger partial charge in [-0.15, -0.1) is 0 Å². The van der Waals surface area contributed by atoms with Gasteiger partial charge in [0.25, 0.3) is 5.91 Å². The van der Waals surface area contributed by atoms with Gasteiger partial charge < -0.3 is 9.47 Å². The molecule has 3 aromatic carbocycles. The van der Waals surface area contributed by atoms with Gasteiger partial charge in [-0.3, -0.25) is 9.59 Å². The summed E-state index contributed by atoms with van der Waals surface area (Å²) in [5.74, 6) is 0.346. The monoisotopic (exact) mass is 474 g/mol. The highest BCUT2D eigenvalue weighted by Crippen LogP contribution is 2.36. The molecule has 0 aliphatic carbocycles. The van der Waals surface area contributed by atoms with Crippen LogP contribution in [-0.4, -0.2) is 29.7 Å². The molecule has 0 spiro atoms. The first-order chi connectivity index (χ1) is 16.4. The molecule has 1 atom stereocenters. The number of hydrogen-bond donors (Lipinski definition) is 0. The number of hydrazone groups is 1. The fraction of sp³-hybridized carbons (Fsp3) is 0.148. The SMILES string of the molecule is COc1ccc(C2CC(c3cc(Cl)ccc3OC(C)=O)=NN2C(=O)C=Cc2ccccc2)cc1. The van der Waals surface area contributed by atoms with E-state index in [-0.39, 0.29) is 11.9 Å². The van der Waals surface area contributed by atoms with Crippen molar-refractivity contribution in [1.29, 1.82) is 0 Å². The number of halogens is 1. The Morgan fingerprint density at radius 1 is 1.06 bits per heavy atom. The number of nitrogens with zero attached hydrogens (tertiary/aromatic N) is 2. The van der Waals surface area contributed by atoms with Crippen LogP contribution in [0, 0.1) is 0 Å². The number of carbonyl (C=O) groups excluding carboxylic acids is 2. The van der Waals surface area contributed by atoms with Gasteiger partial charge in [0.05, 0.1) is 18.9 Å². The first kappa shape index (κ1) is 23.3. The molecule has 1 aliphatic heterocycles. The molecule has 0 bridgehead atoms. The highest BCUT2D eigenvalue weighted by Gasteiger charge is 2.33. The topological polar surface area (TPSA) is 68.2 Å². The summed E-state index contributed by atoms with van der Waals surface area (Å²) in [5.41, 5.74) is 2.98. The zero-order valence-electron chi connectivity index (χ0n) is 18.8. The summed E-state index contributed by atoms with van der Waals surface area (Å²) < 4.78 is 10.6. The van der Waals surface area contributed by atoms with E-state index in [2.05, 4.69) is 5.10 Å². The minimum atomic E-state index is -0.451. The van der Waals surface area contributed by atoms with Gasteiger partial charge >= 0.3 is 5.97 Å². The van der Waals surface area contributed by atoms with Crippen molar-refractivity contribution in [2.24, 2.45) is 5.10 Å². The minimum absolute atomic E-state index is 0.268. The molecule has 0 N–H and O–H groups in total. The van der Waals surface area contributed by atoms with Crippen LogP contribution in [0.3, 0.4) is 0 Å². The Bertz CT molecular complexity index is 1250. The molecule has 6 nitrogen and oxygen atoms in total. The highest BCUT2D eigenvalue weighted by molar-refractivity contribution is 6.31. The largest absolute Gasteiger partial charge is 0.497 e. The first-order valence-corrected chi connectivity index (χ1v) is 11.1. The van der Waals surface area contributed by atoms with E-state index in [9.17, 15) is 9.59 Å². The molecule has 0 fully saturated rings. The fourth-order valence-corrected chi connectivity index (χ4v) is 3.91. The van der Waals surface area contributed by atoms with Crippen LogP contribution in [0.2, 0.25) is 5.02 Å². The summed E-state index contributed by atoms with van der Waals surface area (Å²) in [4.78, 5) is 24.9. The van der Waals surface area contributed by atoms with Crippen molar-refractivity contribution in [3.8, 4) is 11.5 Å². The van der Waals surface area contributed by atoms with Crippen molar-refractivity contribution in [2.45, 2.75) is 19.4 Å². The maximum Gasteiger partial charge on any atom is 0.308 e. The quantitative estimate of drug-likeness (QED) is 0.262. The number of methoxy groups -OCH3 is 1. The van der Waals surface area contributed by atoms with Crippen LogP contribution in [0.15, 0.2) is 84.0 Å². The molecular formula is C27H23ClN2O4. The molecule has 7 heteroatoms. The zero-order valence-corrected chi connectivity index (χ0v) is 19.5. The van der Waals surface area contributed by atoms with E-state index in [0.717, 1.165) is 16.9 Å². The molecule has 0 radical (unpaired) electrons. The Labute approximate surface area is 203 Å². The van der Waals surface area contributed by atoms with Crippen LogP contribution >= 0.6 is 11.6 Å². The van der Waals surface area contributed by atoms with Gasteiger partial charge in [-0.2, -0.15) is 5.10 Å². The van der Waals surface area contributed by atoms with Gasteiger partial charge in [-0.1, -0.05) is 54.1 Å². The third-order valence-electron chi connectivity index (χ3n) is 5.36. The average molecular weight is 475 g/mol. The Kier molecular flexibility index (Phi) is 7.09. The molecule has 0 saturated carbocycles. The highest BCUT2D eigenvalue weighted by atomic mass is 35.5. The van der Waals surface area contributed by atoms with Gasteiger partial charge in [0.2, 0.25) is 0 Å². The second kappa shape index (κ2) is 10.4. The van der Waals surface area contributed by atoms with E-state index in [4.69, 9.17) is 21.1 Å². The number of ether oxygens (including phenoxy) is 2. The third kappa shape index (κ3) is 5.35. The lowest BCUT2D eigenvalue weighted by Crippen LogP contribution is -2.25. The van der Waals surface area contributed by atoms with E-state index < -0.39 is 5.97 Å². The van der Waals surface area contributed by atoms with Gasteiger partial charge in [-0.25, -0.2) is 5.01 Å². The van der Waals surface area contributed by atoms with Gasteiger partial charge in [0, 0.05) is 30.0 Å². The fourth-order valence-electron chi connectivity index (χ4n) is 3.74. The summed E-state index contributed by atoms with van der Waals surface area (Å²) >= 11 is 6.23. The lowest BCUT2D eigenvalue weighted by molar-refractivity contribution is -0.132. The van der Waals surface area contributed by atoms with Gasteiger partial charge in [-0.05, 0) is 47.5 Å². The van der Waals surface area contributed by atoms with Crippen LogP contribution in [0.5, 0.6) is 11.5 Å². The summed E-state index contributed by atoms with van der Waals surface area (Å²) in [6.45, 7) is 1.33. The molecular weight excluding hydrogens is 452 g/mol. The number of amides is 1. The summed E-state index contributed by atoms with van der Waals surface area (Å²) in [7, 11) is 1.60. The summed E-state index contributed by atoms with van der Waals surface area (Å²) in [6, 6.07) is 21.7. The van der Waals surface area contributed by atoms with E-state index in [0.29, 0.717) is 28.5 Å². The predicted molar refractivity (Wildman–Crippen MR) is 132 cm³/mol. The second-order valence-corrected chi connectivity index (χ2v) is 8.14. The van der Waals surface area contributed by atoms with Crippen molar-refractivity contribution in [3.63, 3.8) is 0 Å². The molecule has 0 aromatic heterocycles. The lowest BCUT2D eigenvalue weighted by Gasteiger charge is -2.21. The second-order valence-electron chi connectivity index (χ2n) is 7.70. The Balaban J connectivity index is 1.71. The van der Waals surface area contributed by atoms with Crippen LogP contribution in [-0.2, 0) is 9.59 Å². The summed E-state index contributed by atoms with van der Waals surface area (Å²) in [5, 5.41) is 6.58. The molecule has 1 amide bonds. The first-order valence-electron chi connectivity index (χ1n) is 10.7.